The summed E-state index contributed by atoms with van der Waals surface area (Å²) in [5.41, 5.74) is 1.80. The lowest BCUT2D eigenvalue weighted by Gasteiger charge is -2.12. The van der Waals surface area contributed by atoms with Crippen LogP contribution in [0.25, 0.3) is 0 Å². The molecule has 16 heavy (non-hydrogen) atoms. The number of ketones is 1. The van der Waals surface area contributed by atoms with Crippen LogP contribution in [0.4, 0.5) is 5.69 Å². The molecular weight excluding hydrogens is 202 g/mol. The van der Waals surface area contributed by atoms with Crippen molar-refractivity contribution in [3.05, 3.63) is 29.8 Å². The summed E-state index contributed by atoms with van der Waals surface area (Å²) in [5, 5.41) is 13.0. The third kappa shape index (κ3) is 4.03. The Morgan fingerprint density at radius 2 is 1.88 bits per heavy atom. The van der Waals surface area contributed by atoms with Gasteiger partial charge in [0.05, 0.1) is 6.10 Å². The maximum absolute atomic E-state index is 10.9. The molecule has 0 bridgehead atoms. The lowest BCUT2D eigenvalue weighted by molar-refractivity contribution is -0.118. The van der Waals surface area contributed by atoms with E-state index < -0.39 is 6.10 Å². The molecule has 0 heterocycles. The van der Waals surface area contributed by atoms with Gasteiger partial charge in [0.25, 0.3) is 0 Å². The standard InChI is InChI=1S/C13H19NO2/c1-9(2)14-12-6-4-11(5-7-12)13(16)8-10(3)15/h4-7,9,13-14,16H,8H2,1-3H3. The van der Waals surface area contributed by atoms with Crippen LogP contribution in [0.2, 0.25) is 0 Å². The molecule has 0 aliphatic heterocycles. The fraction of sp³-hybridized carbons (Fsp3) is 0.462. The molecule has 3 nitrogen and oxygen atoms in total. The molecule has 1 unspecified atom stereocenters. The van der Waals surface area contributed by atoms with Crippen LogP contribution in [0.15, 0.2) is 24.3 Å². The fourth-order valence-electron chi connectivity index (χ4n) is 1.52. The molecule has 1 aromatic carbocycles. The number of hydrogen-bond donors (Lipinski definition) is 2. The van der Waals surface area contributed by atoms with Crippen molar-refractivity contribution in [2.24, 2.45) is 0 Å². The summed E-state index contributed by atoms with van der Waals surface area (Å²) in [7, 11) is 0. The van der Waals surface area contributed by atoms with E-state index in [0.717, 1.165) is 11.3 Å². The molecule has 0 aliphatic rings. The van der Waals surface area contributed by atoms with Gasteiger partial charge in [-0.25, -0.2) is 0 Å². The fourth-order valence-corrected chi connectivity index (χ4v) is 1.52. The van der Waals surface area contributed by atoms with Gasteiger partial charge < -0.3 is 10.4 Å². The summed E-state index contributed by atoms with van der Waals surface area (Å²) in [6.07, 6.45) is -0.512. The van der Waals surface area contributed by atoms with Gasteiger partial charge in [0.2, 0.25) is 0 Å². The Labute approximate surface area is 96.5 Å². The highest BCUT2D eigenvalue weighted by Crippen LogP contribution is 2.19. The summed E-state index contributed by atoms with van der Waals surface area (Å²) >= 11 is 0. The average molecular weight is 221 g/mol. The largest absolute Gasteiger partial charge is 0.388 e. The van der Waals surface area contributed by atoms with E-state index in [1.807, 2.05) is 24.3 Å². The Morgan fingerprint density at radius 3 is 2.31 bits per heavy atom. The summed E-state index contributed by atoms with van der Waals surface area (Å²) in [4.78, 5) is 10.9. The van der Waals surface area contributed by atoms with Crippen molar-refractivity contribution in [2.45, 2.75) is 39.3 Å². The van der Waals surface area contributed by atoms with Gasteiger partial charge in [-0.3, -0.25) is 4.79 Å². The molecule has 88 valence electrons. The summed E-state index contributed by atoms with van der Waals surface area (Å²) < 4.78 is 0. The van der Waals surface area contributed by atoms with Crippen molar-refractivity contribution in [2.75, 3.05) is 5.32 Å². The zero-order valence-electron chi connectivity index (χ0n) is 10.0. The number of nitrogens with one attached hydrogen (secondary N) is 1. The molecule has 1 aromatic rings. The first-order valence-electron chi connectivity index (χ1n) is 5.53. The van der Waals surface area contributed by atoms with Crippen LogP contribution in [-0.4, -0.2) is 16.9 Å². The molecule has 0 aliphatic carbocycles. The molecule has 0 radical (unpaired) electrons. The number of aliphatic hydroxyl groups is 1. The molecule has 0 saturated heterocycles. The minimum Gasteiger partial charge on any atom is -0.388 e. The first-order valence-corrected chi connectivity index (χ1v) is 5.53. The van der Waals surface area contributed by atoms with Crippen molar-refractivity contribution >= 4 is 11.5 Å². The number of anilines is 1. The Kier molecular flexibility index (Phi) is 4.50. The van der Waals surface area contributed by atoms with Crippen LogP contribution < -0.4 is 5.32 Å². The quantitative estimate of drug-likeness (QED) is 0.803. The SMILES string of the molecule is CC(=O)CC(O)c1ccc(NC(C)C)cc1. The molecule has 0 spiro atoms. The van der Waals surface area contributed by atoms with Crippen LogP contribution in [0.1, 0.15) is 38.9 Å². The molecular formula is C13H19NO2. The van der Waals surface area contributed by atoms with E-state index in [2.05, 4.69) is 19.2 Å². The van der Waals surface area contributed by atoms with Gasteiger partial charge in [-0.1, -0.05) is 12.1 Å². The zero-order valence-corrected chi connectivity index (χ0v) is 10.0. The molecule has 0 aromatic heterocycles. The first kappa shape index (κ1) is 12.7. The van der Waals surface area contributed by atoms with Crippen LogP contribution in [0, 0.1) is 0 Å². The maximum Gasteiger partial charge on any atom is 0.132 e. The molecule has 2 N–H and O–H groups in total. The van der Waals surface area contributed by atoms with Crippen LogP contribution >= 0.6 is 0 Å². The normalized spacial score (nSPS) is 12.6. The average Bonchev–Trinajstić information content (AvgIpc) is 2.16. The Bertz CT molecular complexity index is 343. The number of hydrogen-bond acceptors (Lipinski definition) is 3. The third-order valence-electron chi connectivity index (χ3n) is 2.23. The topological polar surface area (TPSA) is 49.3 Å². The van der Waals surface area contributed by atoms with Crippen LogP contribution in [0.5, 0.6) is 0 Å². The minimum absolute atomic E-state index is 0.00289. The second kappa shape index (κ2) is 5.66. The van der Waals surface area contributed by atoms with Gasteiger partial charge in [-0.2, -0.15) is 0 Å². The highest BCUT2D eigenvalue weighted by atomic mass is 16.3. The van der Waals surface area contributed by atoms with E-state index in [4.69, 9.17) is 0 Å². The van der Waals surface area contributed by atoms with Gasteiger partial charge in [0.1, 0.15) is 5.78 Å². The van der Waals surface area contributed by atoms with Crippen molar-refractivity contribution in [3.8, 4) is 0 Å². The number of benzene rings is 1. The lowest BCUT2D eigenvalue weighted by Crippen LogP contribution is -2.09. The number of rotatable bonds is 5. The van der Waals surface area contributed by atoms with E-state index in [1.54, 1.807) is 0 Å². The minimum atomic E-state index is -0.689. The monoisotopic (exact) mass is 221 g/mol. The van der Waals surface area contributed by atoms with Crippen molar-refractivity contribution in [1.29, 1.82) is 0 Å². The zero-order chi connectivity index (χ0) is 12.1. The number of aliphatic hydroxyl groups excluding tert-OH is 1. The third-order valence-corrected chi connectivity index (χ3v) is 2.23. The molecule has 1 atom stereocenters. The summed E-state index contributed by atoms with van der Waals surface area (Å²) in [6, 6.07) is 7.90. The second-order valence-corrected chi connectivity index (χ2v) is 4.34. The Hall–Kier alpha value is -1.35. The van der Waals surface area contributed by atoms with Crippen molar-refractivity contribution in [3.63, 3.8) is 0 Å². The molecule has 0 saturated carbocycles. The number of carbonyl (C=O) groups is 1. The molecule has 3 heteroatoms. The van der Waals surface area contributed by atoms with Crippen molar-refractivity contribution in [1.82, 2.24) is 0 Å². The maximum atomic E-state index is 10.9. The van der Waals surface area contributed by atoms with Gasteiger partial charge in [-0.05, 0) is 38.5 Å². The first-order chi connectivity index (χ1) is 7.49. The summed E-state index contributed by atoms with van der Waals surface area (Å²) in [5.74, 6) is -0.00289. The van der Waals surface area contributed by atoms with E-state index in [-0.39, 0.29) is 12.2 Å². The summed E-state index contributed by atoms with van der Waals surface area (Å²) in [6.45, 7) is 5.62. The van der Waals surface area contributed by atoms with Gasteiger partial charge in [0, 0.05) is 18.2 Å². The number of Topliss-reactive ketones (excluding diaryl/α,β-unsaturated/α-hetero) is 1. The van der Waals surface area contributed by atoms with Crippen LogP contribution in [0.3, 0.4) is 0 Å². The van der Waals surface area contributed by atoms with Gasteiger partial charge in [0.15, 0.2) is 0 Å². The molecule has 1 rings (SSSR count). The Balaban J connectivity index is 2.66. The van der Waals surface area contributed by atoms with E-state index >= 15 is 0 Å². The second-order valence-electron chi connectivity index (χ2n) is 4.34. The predicted molar refractivity (Wildman–Crippen MR) is 65.5 cm³/mol. The Morgan fingerprint density at radius 1 is 1.31 bits per heavy atom. The number of carbonyl (C=O) groups excluding carboxylic acids is 1. The van der Waals surface area contributed by atoms with E-state index in [9.17, 15) is 9.90 Å². The molecule has 0 amide bonds. The molecule has 0 fully saturated rings. The lowest BCUT2D eigenvalue weighted by atomic mass is 10.0. The van der Waals surface area contributed by atoms with Crippen molar-refractivity contribution < 1.29 is 9.90 Å². The van der Waals surface area contributed by atoms with Crippen LogP contribution in [-0.2, 0) is 4.79 Å². The van der Waals surface area contributed by atoms with Gasteiger partial charge >= 0.3 is 0 Å². The van der Waals surface area contributed by atoms with Gasteiger partial charge in [-0.15, -0.1) is 0 Å². The highest BCUT2D eigenvalue weighted by molar-refractivity contribution is 5.76. The smallest absolute Gasteiger partial charge is 0.132 e. The van der Waals surface area contributed by atoms with E-state index in [1.165, 1.54) is 6.92 Å². The highest BCUT2D eigenvalue weighted by Gasteiger charge is 2.09. The predicted octanol–water partition coefficient (Wildman–Crippen LogP) is 2.52. The van der Waals surface area contributed by atoms with E-state index in [0.29, 0.717) is 6.04 Å².